The van der Waals surface area contributed by atoms with Crippen LogP contribution in [0.3, 0.4) is 0 Å². The number of carbonyl (C=O) groups is 1. The van der Waals surface area contributed by atoms with Gasteiger partial charge in [-0.3, -0.25) is 5.10 Å². The number of carboxylic acids is 1. The van der Waals surface area contributed by atoms with Crippen molar-refractivity contribution in [2.24, 2.45) is 0 Å². The number of alkyl halides is 1. The average Bonchev–Trinajstić information content (AvgIpc) is 3.09. The maximum absolute atomic E-state index is 11.3. The zero-order valence-electron chi connectivity index (χ0n) is 13.4. The molecule has 6 nitrogen and oxygen atoms in total. The van der Waals surface area contributed by atoms with Gasteiger partial charge in [-0.15, -0.1) is 11.6 Å². The van der Waals surface area contributed by atoms with Crippen molar-refractivity contribution in [1.29, 1.82) is 0 Å². The Hall–Kier alpha value is -2.99. The molecule has 0 spiro atoms. The molecule has 0 aliphatic rings. The summed E-state index contributed by atoms with van der Waals surface area (Å²) in [4.78, 5) is 19.6. The highest BCUT2D eigenvalue weighted by molar-refractivity contribution is 6.17. The highest BCUT2D eigenvalue weighted by Crippen LogP contribution is 2.28. The van der Waals surface area contributed by atoms with Crippen molar-refractivity contribution < 1.29 is 9.90 Å². The van der Waals surface area contributed by atoms with E-state index in [0.717, 1.165) is 27.7 Å². The monoisotopic (exact) mass is 354 g/mol. The van der Waals surface area contributed by atoms with E-state index in [1.807, 2.05) is 43.3 Å². The van der Waals surface area contributed by atoms with Gasteiger partial charge < -0.3 is 5.11 Å². The minimum Gasteiger partial charge on any atom is -0.475 e. The molecule has 25 heavy (non-hydrogen) atoms. The molecule has 0 saturated heterocycles. The molecule has 0 bridgehead atoms. The summed E-state index contributed by atoms with van der Waals surface area (Å²) in [5.74, 6) is -0.627. The molecule has 0 radical (unpaired) electrons. The highest BCUT2D eigenvalue weighted by atomic mass is 35.5. The first-order chi connectivity index (χ1) is 12.1. The Bertz CT molecular complexity index is 1050. The largest absolute Gasteiger partial charge is 0.475 e. The third-order valence-electron chi connectivity index (χ3n) is 3.51. The Morgan fingerprint density at radius 3 is 2.72 bits per heavy atom. The molecule has 126 valence electrons. The molecule has 0 amide bonds. The summed E-state index contributed by atoms with van der Waals surface area (Å²) in [6.07, 6.45) is 1.72. The second-order valence-corrected chi connectivity index (χ2v) is 5.69. The molecular formula is C18H15ClN4O2. The lowest BCUT2D eigenvalue weighted by atomic mass is 10.0. The van der Waals surface area contributed by atoms with Gasteiger partial charge >= 0.3 is 5.97 Å². The number of para-hydroxylation sites is 1. The van der Waals surface area contributed by atoms with Crippen LogP contribution in [0.1, 0.15) is 17.5 Å². The first-order valence-corrected chi connectivity index (χ1v) is 8.17. The van der Waals surface area contributed by atoms with E-state index in [2.05, 4.69) is 20.2 Å². The molecule has 2 N–H and O–H groups in total. The Kier molecular flexibility index (Phi) is 4.90. The van der Waals surface area contributed by atoms with Gasteiger partial charge in [-0.2, -0.15) is 5.10 Å². The summed E-state index contributed by atoms with van der Waals surface area (Å²) >= 11 is 5.00. The molecule has 0 fully saturated rings. The van der Waals surface area contributed by atoms with Gasteiger partial charge in [-0.25, -0.2) is 14.8 Å². The average molecular weight is 355 g/mol. The van der Waals surface area contributed by atoms with Crippen LogP contribution in [-0.4, -0.2) is 37.1 Å². The number of nitrogens with one attached hydrogen (secondary N) is 1. The molecule has 0 aliphatic heterocycles. The standard InChI is InChI=1S/C16H10N4O2.C2H5Cl/c21-16(22)15-18-13-4-2-1-3-11(13)14(19-15)9-5-6-12-10(7-9)8-17-20-12;1-2-3/h1-8H,(H,17,20)(H,21,22);2H2,1H3. The third kappa shape index (κ3) is 3.44. The van der Waals surface area contributed by atoms with E-state index in [-0.39, 0.29) is 5.82 Å². The van der Waals surface area contributed by atoms with Crippen LogP contribution in [0.4, 0.5) is 0 Å². The van der Waals surface area contributed by atoms with Gasteiger partial charge in [0.1, 0.15) is 0 Å². The summed E-state index contributed by atoms with van der Waals surface area (Å²) in [6, 6.07) is 13.1. The smallest absolute Gasteiger partial charge is 0.373 e. The Labute approximate surface area is 148 Å². The summed E-state index contributed by atoms with van der Waals surface area (Å²) in [6.45, 7) is 1.89. The van der Waals surface area contributed by atoms with Crippen LogP contribution in [0, 0.1) is 0 Å². The number of rotatable bonds is 2. The van der Waals surface area contributed by atoms with E-state index in [9.17, 15) is 9.90 Å². The van der Waals surface area contributed by atoms with Crippen molar-refractivity contribution in [3.05, 3.63) is 54.5 Å². The molecule has 4 aromatic rings. The number of aromatic carboxylic acids is 1. The van der Waals surface area contributed by atoms with Gasteiger partial charge in [0.25, 0.3) is 0 Å². The first-order valence-electron chi connectivity index (χ1n) is 7.63. The van der Waals surface area contributed by atoms with Crippen LogP contribution in [0.2, 0.25) is 0 Å². The molecule has 2 aromatic heterocycles. The van der Waals surface area contributed by atoms with Crippen LogP contribution < -0.4 is 0 Å². The van der Waals surface area contributed by atoms with E-state index in [4.69, 9.17) is 11.6 Å². The van der Waals surface area contributed by atoms with E-state index in [1.54, 1.807) is 12.3 Å². The van der Waals surface area contributed by atoms with Gasteiger partial charge in [0.2, 0.25) is 5.82 Å². The molecule has 2 heterocycles. The molecule has 0 atom stereocenters. The number of hydrogen-bond acceptors (Lipinski definition) is 4. The zero-order chi connectivity index (χ0) is 17.8. The number of halogens is 1. The fourth-order valence-corrected chi connectivity index (χ4v) is 2.48. The Balaban J connectivity index is 0.000000569. The summed E-state index contributed by atoms with van der Waals surface area (Å²) in [5.41, 5.74) is 2.96. The van der Waals surface area contributed by atoms with Crippen molar-refractivity contribution in [2.45, 2.75) is 6.92 Å². The topological polar surface area (TPSA) is 91.8 Å². The first kappa shape index (κ1) is 16.9. The second kappa shape index (κ2) is 7.27. The van der Waals surface area contributed by atoms with Crippen molar-refractivity contribution in [3.63, 3.8) is 0 Å². The lowest BCUT2D eigenvalue weighted by molar-refractivity contribution is 0.0684. The number of hydrogen-bond donors (Lipinski definition) is 2. The SMILES string of the molecule is CCCl.O=C(O)c1nc(-c2ccc3[nH]ncc3c2)c2ccccc2n1. The number of H-pyrrole nitrogens is 1. The van der Waals surface area contributed by atoms with Crippen LogP contribution >= 0.6 is 11.6 Å². The molecule has 0 unspecified atom stereocenters. The fourth-order valence-electron chi connectivity index (χ4n) is 2.48. The number of benzene rings is 2. The quantitative estimate of drug-likeness (QED) is 0.528. The number of aromatic amines is 1. The van der Waals surface area contributed by atoms with Gasteiger partial charge in [0.05, 0.1) is 22.9 Å². The van der Waals surface area contributed by atoms with Gasteiger partial charge in [0.15, 0.2) is 0 Å². The molecule has 2 aromatic carbocycles. The fraction of sp³-hybridized carbons (Fsp3) is 0.111. The molecular weight excluding hydrogens is 340 g/mol. The number of aromatic nitrogens is 4. The zero-order valence-corrected chi connectivity index (χ0v) is 14.2. The van der Waals surface area contributed by atoms with Gasteiger partial charge in [0, 0.05) is 22.2 Å². The maximum Gasteiger partial charge on any atom is 0.373 e. The molecule has 7 heteroatoms. The van der Waals surface area contributed by atoms with E-state index >= 15 is 0 Å². The van der Waals surface area contributed by atoms with Crippen LogP contribution in [0.25, 0.3) is 33.1 Å². The van der Waals surface area contributed by atoms with Crippen LogP contribution in [-0.2, 0) is 0 Å². The van der Waals surface area contributed by atoms with Gasteiger partial charge in [-0.05, 0) is 18.2 Å². The van der Waals surface area contributed by atoms with E-state index in [1.165, 1.54) is 0 Å². The highest BCUT2D eigenvalue weighted by Gasteiger charge is 2.14. The number of fused-ring (bicyclic) bond motifs is 2. The van der Waals surface area contributed by atoms with Crippen molar-refractivity contribution >= 4 is 39.4 Å². The lowest BCUT2D eigenvalue weighted by Gasteiger charge is -2.07. The van der Waals surface area contributed by atoms with Gasteiger partial charge in [-0.1, -0.05) is 31.2 Å². The second-order valence-electron chi connectivity index (χ2n) is 5.16. The normalized spacial score (nSPS) is 10.5. The Morgan fingerprint density at radius 2 is 1.96 bits per heavy atom. The minimum atomic E-state index is -1.14. The maximum atomic E-state index is 11.3. The lowest BCUT2D eigenvalue weighted by Crippen LogP contribution is -2.05. The van der Waals surface area contributed by atoms with Crippen LogP contribution in [0.15, 0.2) is 48.7 Å². The van der Waals surface area contributed by atoms with Crippen molar-refractivity contribution in [2.75, 3.05) is 5.88 Å². The minimum absolute atomic E-state index is 0.207. The van der Waals surface area contributed by atoms with E-state index in [0.29, 0.717) is 11.2 Å². The predicted molar refractivity (Wildman–Crippen MR) is 98.0 cm³/mol. The van der Waals surface area contributed by atoms with Crippen molar-refractivity contribution in [3.8, 4) is 11.3 Å². The predicted octanol–water partition coefficient (Wildman–Crippen LogP) is 4.12. The van der Waals surface area contributed by atoms with Crippen LogP contribution in [0.5, 0.6) is 0 Å². The molecule has 4 rings (SSSR count). The molecule has 0 aliphatic carbocycles. The van der Waals surface area contributed by atoms with Crippen molar-refractivity contribution in [1.82, 2.24) is 20.2 Å². The van der Waals surface area contributed by atoms with E-state index < -0.39 is 5.97 Å². The molecule has 0 saturated carbocycles. The summed E-state index contributed by atoms with van der Waals surface area (Å²) in [5, 5.41) is 17.9. The number of nitrogens with zero attached hydrogens (tertiary/aromatic N) is 3. The third-order valence-corrected chi connectivity index (χ3v) is 3.51. The number of carboxylic acid groups (broad SMARTS) is 1. The Morgan fingerprint density at radius 1 is 1.20 bits per heavy atom. The summed E-state index contributed by atoms with van der Waals surface area (Å²) < 4.78 is 0. The summed E-state index contributed by atoms with van der Waals surface area (Å²) in [7, 11) is 0.